The van der Waals surface area contributed by atoms with Gasteiger partial charge >= 0.3 is 41.5 Å². The van der Waals surface area contributed by atoms with Gasteiger partial charge in [0.05, 0.1) is 72.9 Å². The third-order valence-corrected chi connectivity index (χ3v) is 15.5. The number of rotatable bonds is 49. The van der Waals surface area contributed by atoms with E-state index in [1.54, 1.807) is 72.8 Å². The second-order valence-electron chi connectivity index (χ2n) is 23.1. The molecule has 0 aliphatic heterocycles. The zero-order valence-electron chi connectivity index (χ0n) is 55.1. The van der Waals surface area contributed by atoms with Crippen molar-refractivity contribution < 1.29 is 76.3 Å². The van der Waals surface area contributed by atoms with Crippen molar-refractivity contribution in [2.24, 2.45) is 0 Å². The van der Waals surface area contributed by atoms with Crippen molar-refractivity contribution in [3.8, 4) is 39.9 Å². The first-order valence-corrected chi connectivity index (χ1v) is 33.5. The van der Waals surface area contributed by atoms with Gasteiger partial charge < -0.3 is 48.4 Å². The van der Waals surface area contributed by atoms with Gasteiger partial charge in [0.1, 0.15) is 23.0 Å². The van der Waals surface area contributed by atoms with Crippen molar-refractivity contribution >= 4 is 47.2 Å². The topological polar surface area (TPSA) is 255 Å². The molecule has 0 fully saturated rings. The summed E-state index contributed by atoms with van der Waals surface area (Å²) in [5, 5.41) is 12.1. The number of ether oxygens (including phenoxy) is 9. The molecule has 0 radical (unpaired) electrons. The van der Waals surface area contributed by atoms with Crippen molar-refractivity contribution in [1.82, 2.24) is 0 Å². The summed E-state index contributed by atoms with van der Waals surface area (Å²) < 4.78 is 50.4. The van der Waals surface area contributed by atoms with Crippen LogP contribution in [0, 0.1) is 10.1 Å². The molecule has 19 heteroatoms. The van der Waals surface area contributed by atoms with Crippen LogP contribution in [0.4, 0.5) is 11.4 Å². The molecule has 94 heavy (non-hydrogen) atoms. The lowest BCUT2D eigenvalue weighted by Crippen LogP contribution is -2.18. The normalized spacial score (nSPS) is 11.2. The Hall–Kier alpha value is -9.00. The molecule has 0 saturated heterocycles. The summed E-state index contributed by atoms with van der Waals surface area (Å²) >= 11 is 0. The van der Waals surface area contributed by atoms with Gasteiger partial charge in [-0.15, -0.1) is 0 Å². The first-order valence-electron chi connectivity index (χ1n) is 33.5. The van der Waals surface area contributed by atoms with E-state index in [1.807, 2.05) is 6.92 Å². The van der Waals surface area contributed by atoms with Crippen LogP contribution in [0.3, 0.4) is 0 Å². The minimum Gasteiger partial charge on any atom is -0.494 e. The van der Waals surface area contributed by atoms with E-state index in [1.165, 1.54) is 42.5 Å². The monoisotopic (exact) mass is 1300 g/mol. The van der Waals surface area contributed by atoms with E-state index in [-0.39, 0.29) is 76.4 Å². The summed E-state index contributed by atoms with van der Waals surface area (Å²) in [5.41, 5.74) is 7.37. The molecular weight excluding hydrogens is 1200 g/mol. The number of nitro benzene ring substituents is 1. The number of anilines is 1. The molecule has 5 aromatic rings. The van der Waals surface area contributed by atoms with Crippen LogP contribution in [0.25, 0.3) is 11.1 Å². The molecule has 0 saturated carbocycles. The number of nitrogen functional groups attached to an aromatic ring is 1. The minimum atomic E-state index is -0.872. The highest BCUT2D eigenvalue weighted by Crippen LogP contribution is 2.38. The smallest absolute Gasteiger partial charge is 0.344 e. The number of hydrogen-bond acceptors (Lipinski definition) is 18. The van der Waals surface area contributed by atoms with E-state index < -0.39 is 28.8 Å². The Kier molecular flexibility index (Phi) is 35.9. The molecule has 1 atom stereocenters. The van der Waals surface area contributed by atoms with Gasteiger partial charge in [-0.2, -0.15) is 0 Å². The number of esters is 6. The van der Waals surface area contributed by atoms with Crippen LogP contribution in [0.5, 0.6) is 28.7 Å². The molecule has 0 aliphatic rings. The maximum Gasteiger partial charge on any atom is 0.344 e. The Labute approximate surface area is 554 Å². The third-order valence-electron chi connectivity index (χ3n) is 15.5. The van der Waals surface area contributed by atoms with E-state index >= 15 is 0 Å². The summed E-state index contributed by atoms with van der Waals surface area (Å²) in [6, 6.07) is 26.4. The average Bonchev–Trinajstić information content (AvgIpc) is 0.993. The maximum absolute atomic E-state index is 13.8. The summed E-state index contributed by atoms with van der Waals surface area (Å²) in [6.45, 7) is 12.8. The van der Waals surface area contributed by atoms with Gasteiger partial charge in [-0.1, -0.05) is 141 Å². The van der Waals surface area contributed by atoms with E-state index in [0.29, 0.717) is 74.0 Å². The van der Waals surface area contributed by atoms with Crippen LogP contribution < -0.4 is 29.4 Å². The lowest BCUT2D eigenvalue weighted by molar-refractivity contribution is -0.386. The summed E-state index contributed by atoms with van der Waals surface area (Å²) in [4.78, 5) is 88.1. The molecule has 0 heterocycles. The van der Waals surface area contributed by atoms with Gasteiger partial charge in [-0.05, 0) is 149 Å². The van der Waals surface area contributed by atoms with Gasteiger partial charge in [0.15, 0.2) is 5.75 Å². The van der Waals surface area contributed by atoms with Crippen LogP contribution in [0.2, 0.25) is 0 Å². The van der Waals surface area contributed by atoms with E-state index in [9.17, 15) is 38.9 Å². The van der Waals surface area contributed by atoms with Gasteiger partial charge in [-0.3, -0.25) is 10.1 Å². The lowest BCUT2D eigenvalue weighted by atomic mass is 10.0. The second-order valence-corrected chi connectivity index (χ2v) is 23.1. The largest absolute Gasteiger partial charge is 0.494 e. The predicted molar refractivity (Wildman–Crippen MR) is 362 cm³/mol. The number of benzene rings is 5. The highest BCUT2D eigenvalue weighted by molar-refractivity contribution is 6.06. The van der Waals surface area contributed by atoms with E-state index in [4.69, 9.17) is 48.4 Å². The highest BCUT2D eigenvalue weighted by atomic mass is 16.6. The quantitative estimate of drug-likeness (QED) is 0.00555. The number of nitrogens with two attached hydrogens (primary N) is 1. The van der Waals surface area contributed by atoms with E-state index in [2.05, 4.69) is 20.1 Å². The summed E-state index contributed by atoms with van der Waals surface area (Å²) in [5.74, 6) is -2.08. The fourth-order valence-corrected chi connectivity index (χ4v) is 10.1. The molecule has 5 aromatic carbocycles. The fourth-order valence-electron chi connectivity index (χ4n) is 10.1. The molecule has 0 amide bonds. The van der Waals surface area contributed by atoms with Crippen molar-refractivity contribution in [2.75, 3.05) is 45.4 Å². The highest BCUT2D eigenvalue weighted by Gasteiger charge is 2.25. The van der Waals surface area contributed by atoms with Gasteiger partial charge in [0.2, 0.25) is 0 Å². The zero-order chi connectivity index (χ0) is 67.6. The molecule has 0 spiro atoms. The SMILES string of the molecule is C=CC(=O)OCCCCCCCCCCCOc1ccc(OC(=O)c2ccc(C(=O)Oc3ccc(OCCCCCCCCCCCOC(=O)C=C)cc3)c(C(=O)OCCCCCOC(=O)c3ccc(-c4cc([N+](=O)[O-])c(O[C@@H](C)CCCCCC)cc4N)cc3)c2)cc1. The van der Waals surface area contributed by atoms with Crippen LogP contribution in [0.15, 0.2) is 128 Å². The Bertz CT molecular complexity index is 3140. The molecule has 508 valence electrons. The van der Waals surface area contributed by atoms with Crippen molar-refractivity contribution in [3.63, 3.8) is 0 Å². The molecule has 5 rings (SSSR count). The Morgan fingerprint density at radius 2 is 0.872 bits per heavy atom. The number of carbonyl (C=O) groups excluding carboxylic acids is 6. The standard InChI is InChI=1S/C75H96N2O17/c1-5-8-9-25-32-56(4)92-69-55-67(76)65(54-68(69)77(84)85)57-33-35-58(36-34-57)72(80)90-51-30-24-31-52-91-74(82)66-53-59(73(81)93-62-42-38-60(39-43-62)86-47-26-20-16-12-10-14-18-22-28-49-88-70(78)6-2)37-46-64(66)75(83)94-63-44-40-61(41-45-63)87-48-27-21-17-13-11-15-19-23-29-50-89-71(79)7-3/h6-7,33-46,53-56H,2-3,5,8-32,47-52,76H2,1,4H3/t56-/m0/s1. The van der Waals surface area contributed by atoms with Crippen molar-refractivity contribution in [3.05, 3.63) is 161 Å². The first-order chi connectivity index (χ1) is 45.7. The van der Waals surface area contributed by atoms with Crippen molar-refractivity contribution in [2.45, 2.75) is 187 Å². The van der Waals surface area contributed by atoms with Crippen LogP contribution in [-0.4, -0.2) is 86.5 Å². The minimum absolute atomic E-state index is 0.0172. The second kappa shape index (κ2) is 44.5. The van der Waals surface area contributed by atoms with Gasteiger partial charge in [-0.25, -0.2) is 28.8 Å². The molecular formula is C75H96N2O17. The molecule has 0 unspecified atom stereocenters. The third kappa shape index (κ3) is 29.3. The Balaban J connectivity index is 1.09. The Morgan fingerprint density at radius 3 is 1.35 bits per heavy atom. The zero-order valence-corrected chi connectivity index (χ0v) is 55.1. The average molecular weight is 1300 g/mol. The number of nitrogens with zero attached hydrogens (tertiary/aromatic N) is 1. The van der Waals surface area contributed by atoms with Crippen LogP contribution in [0.1, 0.15) is 222 Å². The number of unbranched alkanes of at least 4 members (excludes halogenated alkanes) is 21. The van der Waals surface area contributed by atoms with Crippen LogP contribution in [-0.2, 0) is 28.5 Å². The maximum atomic E-state index is 13.8. The number of carbonyl (C=O) groups is 6. The summed E-state index contributed by atoms with van der Waals surface area (Å²) in [6.07, 6.45) is 27.4. The first kappa shape index (κ1) is 75.7. The Morgan fingerprint density at radius 1 is 0.457 bits per heavy atom. The molecule has 0 bridgehead atoms. The molecule has 0 aromatic heterocycles. The predicted octanol–water partition coefficient (Wildman–Crippen LogP) is 17.4. The number of nitro groups is 1. The van der Waals surface area contributed by atoms with E-state index in [0.717, 1.165) is 148 Å². The van der Waals surface area contributed by atoms with Crippen LogP contribution >= 0.6 is 0 Å². The molecule has 19 nitrogen and oxygen atoms in total. The van der Waals surface area contributed by atoms with Gasteiger partial charge in [0.25, 0.3) is 0 Å². The summed E-state index contributed by atoms with van der Waals surface area (Å²) in [7, 11) is 0. The molecule has 2 N–H and O–H groups in total. The van der Waals surface area contributed by atoms with Crippen molar-refractivity contribution in [1.29, 1.82) is 0 Å². The van der Waals surface area contributed by atoms with Gasteiger partial charge in [0, 0.05) is 35.5 Å². The fraction of sp³-hybridized carbons (Fsp3) is 0.467. The lowest BCUT2D eigenvalue weighted by Gasteiger charge is -2.16. The molecule has 0 aliphatic carbocycles. The number of hydrogen-bond donors (Lipinski definition) is 1.